The summed E-state index contributed by atoms with van der Waals surface area (Å²) in [6, 6.07) is 13.0. The van der Waals surface area contributed by atoms with Crippen molar-refractivity contribution < 1.29 is 9.72 Å². The molecule has 2 heterocycles. The van der Waals surface area contributed by atoms with Gasteiger partial charge in [0.2, 0.25) is 5.91 Å². The number of hydrogen-bond donors (Lipinski definition) is 1. The number of nitro groups is 1. The Labute approximate surface area is 155 Å². The highest BCUT2D eigenvalue weighted by atomic mass is 16.6. The Morgan fingerprint density at radius 2 is 2.00 bits per heavy atom. The van der Waals surface area contributed by atoms with Crippen molar-refractivity contribution in [2.75, 3.05) is 5.32 Å². The minimum absolute atomic E-state index is 0.222. The van der Waals surface area contributed by atoms with Gasteiger partial charge in [-0.2, -0.15) is 9.78 Å². The highest BCUT2D eigenvalue weighted by Crippen LogP contribution is 2.14. The van der Waals surface area contributed by atoms with Crippen LogP contribution in [0.1, 0.15) is 18.2 Å². The van der Waals surface area contributed by atoms with Gasteiger partial charge in [0, 0.05) is 12.3 Å². The zero-order valence-corrected chi connectivity index (χ0v) is 15.1. The summed E-state index contributed by atoms with van der Waals surface area (Å²) in [5.41, 5.74) is 1.75. The molecule has 0 aliphatic heterocycles. The van der Waals surface area contributed by atoms with Gasteiger partial charge >= 0.3 is 5.82 Å². The van der Waals surface area contributed by atoms with Crippen LogP contribution in [0.4, 0.5) is 11.6 Å². The number of amides is 1. The summed E-state index contributed by atoms with van der Waals surface area (Å²) in [5.74, 6) is -0.411. The first-order valence-electron chi connectivity index (χ1n) is 8.49. The van der Waals surface area contributed by atoms with Crippen LogP contribution in [0.2, 0.25) is 0 Å². The van der Waals surface area contributed by atoms with Crippen molar-refractivity contribution in [1.82, 2.24) is 19.6 Å². The van der Waals surface area contributed by atoms with Crippen molar-refractivity contribution in [2.45, 2.75) is 26.9 Å². The lowest BCUT2D eigenvalue weighted by atomic mass is 10.1. The molecular formula is C18H20N6O3. The molecule has 0 saturated carbocycles. The molecule has 0 aliphatic carbocycles. The Hall–Kier alpha value is -3.49. The second-order valence-corrected chi connectivity index (χ2v) is 6.36. The van der Waals surface area contributed by atoms with Gasteiger partial charge in [-0.25, -0.2) is 0 Å². The summed E-state index contributed by atoms with van der Waals surface area (Å²) < 4.78 is 3.22. The zero-order chi connectivity index (χ0) is 19.4. The van der Waals surface area contributed by atoms with Crippen molar-refractivity contribution in [3.05, 3.63) is 70.0 Å². The average molecular weight is 368 g/mol. The maximum Gasteiger partial charge on any atom is 0.390 e. The van der Waals surface area contributed by atoms with Crippen LogP contribution in [-0.2, 0) is 17.9 Å². The third kappa shape index (κ3) is 4.57. The topological polar surface area (TPSA) is 108 Å². The third-order valence-electron chi connectivity index (χ3n) is 4.13. The predicted octanol–water partition coefficient (Wildman–Crippen LogP) is 2.62. The van der Waals surface area contributed by atoms with Gasteiger partial charge < -0.3 is 15.4 Å². The molecule has 0 spiro atoms. The van der Waals surface area contributed by atoms with Crippen LogP contribution in [0.15, 0.2) is 48.7 Å². The minimum Gasteiger partial charge on any atom is -0.358 e. The number of benzene rings is 1. The van der Waals surface area contributed by atoms with E-state index in [1.807, 2.05) is 30.3 Å². The molecule has 0 aliphatic rings. The summed E-state index contributed by atoms with van der Waals surface area (Å²) in [7, 11) is 0. The van der Waals surface area contributed by atoms with E-state index in [-0.39, 0.29) is 18.3 Å². The maximum absolute atomic E-state index is 12.4. The molecule has 9 heteroatoms. The van der Waals surface area contributed by atoms with Gasteiger partial charge in [0.15, 0.2) is 5.82 Å². The van der Waals surface area contributed by atoms with E-state index in [1.165, 1.54) is 10.7 Å². The molecule has 0 saturated heterocycles. The summed E-state index contributed by atoms with van der Waals surface area (Å²) >= 11 is 0. The predicted molar refractivity (Wildman–Crippen MR) is 99.2 cm³/mol. The molecule has 0 bridgehead atoms. The maximum atomic E-state index is 12.4. The number of anilines is 1. The molecule has 3 rings (SSSR count). The monoisotopic (exact) mass is 368 g/mol. The fraction of sp³-hybridized carbons (Fsp3) is 0.278. The molecule has 1 unspecified atom stereocenters. The van der Waals surface area contributed by atoms with E-state index < -0.39 is 10.8 Å². The lowest BCUT2D eigenvalue weighted by Gasteiger charge is -2.10. The van der Waals surface area contributed by atoms with Crippen molar-refractivity contribution in [2.24, 2.45) is 5.92 Å². The number of hydrogen-bond acceptors (Lipinski definition) is 5. The third-order valence-corrected chi connectivity index (χ3v) is 4.13. The van der Waals surface area contributed by atoms with Crippen LogP contribution in [-0.4, -0.2) is 30.4 Å². The molecule has 0 fully saturated rings. The van der Waals surface area contributed by atoms with Crippen molar-refractivity contribution in [3.63, 3.8) is 0 Å². The zero-order valence-electron chi connectivity index (χ0n) is 15.1. The quantitative estimate of drug-likeness (QED) is 0.509. The summed E-state index contributed by atoms with van der Waals surface area (Å²) in [6.07, 6.45) is 1.80. The first-order valence-corrected chi connectivity index (χ1v) is 8.49. The average Bonchev–Trinajstić information content (AvgIpc) is 3.22. The van der Waals surface area contributed by atoms with E-state index in [1.54, 1.807) is 30.8 Å². The number of nitrogens with zero attached hydrogens (tertiary/aromatic N) is 5. The first-order chi connectivity index (χ1) is 12.9. The van der Waals surface area contributed by atoms with Crippen LogP contribution < -0.4 is 5.32 Å². The van der Waals surface area contributed by atoms with Gasteiger partial charge in [0.05, 0.1) is 35.9 Å². The second-order valence-electron chi connectivity index (χ2n) is 6.36. The SMILES string of the molecule is Cc1cc([N+](=O)[O-])nn1CC(C)C(=O)Nc1ccn(Cc2ccccc2)n1. The largest absolute Gasteiger partial charge is 0.390 e. The van der Waals surface area contributed by atoms with E-state index in [0.717, 1.165) is 5.56 Å². The van der Waals surface area contributed by atoms with Crippen molar-refractivity contribution in [1.29, 1.82) is 0 Å². The number of aromatic nitrogens is 4. The van der Waals surface area contributed by atoms with Crippen molar-refractivity contribution >= 4 is 17.5 Å². The lowest BCUT2D eigenvalue weighted by Crippen LogP contribution is -2.25. The molecule has 9 nitrogen and oxygen atoms in total. The van der Waals surface area contributed by atoms with Crippen LogP contribution in [0.25, 0.3) is 0 Å². The second kappa shape index (κ2) is 7.81. The van der Waals surface area contributed by atoms with Gasteiger partial charge in [-0.3, -0.25) is 9.48 Å². The number of carbonyl (C=O) groups is 1. The summed E-state index contributed by atoms with van der Waals surface area (Å²) in [6.45, 7) is 4.32. The van der Waals surface area contributed by atoms with Crippen LogP contribution >= 0.6 is 0 Å². The van der Waals surface area contributed by atoms with Crippen LogP contribution in [0, 0.1) is 23.0 Å². The van der Waals surface area contributed by atoms with E-state index in [4.69, 9.17) is 0 Å². The Balaban J connectivity index is 1.59. The first kappa shape index (κ1) is 18.3. The molecular weight excluding hydrogens is 348 g/mol. The van der Waals surface area contributed by atoms with Crippen LogP contribution in [0.3, 0.4) is 0 Å². The molecule has 2 aromatic heterocycles. The number of aryl methyl sites for hydroxylation is 1. The molecule has 3 aromatic rings. The normalized spacial score (nSPS) is 11.9. The van der Waals surface area contributed by atoms with E-state index in [2.05, 4.69) is 15.5 Å². The Morgan fingerprint density at radius 1 is 1.26 bits per heavy atom. The molecule has 1 aromatic carbocycles. The smallest absolute Gasteiger partial charge is 0.358 e. The van der Waals surface area contributed by atoms with E-state index in [9.17, 15) is 14.9 Å². The van der Waals surface area contributed by atoms with E-state index in [0.29, 0.717) is 18.1 Å². The fourth-order valence-corrected chi connectivity index (χ4v) is 2.65. The molecule has 27 heavy (non-hydrogen) atoms. The van der Waals surface area contributed by atoms with Gasteiger partial charge in [0.25, 0.3) is 0 Å². The molecule has 1 N–H and O–H groups in total. The highest BCUT2D eigenvalue weighted by molar-refractivity contribution is 5.91. The minimum atomic E-state index is -0.548. The Kier molecular flexibility index (Phi) is 5.30. The molecule has 140 valence electrons. The van der Waals surface area contributed by atoms with Crippen molar-refractivity contribution in [3.8, 4) is 0 Å². The van der Waals surface area contributed by atoms with Gasteiger partial charge in [0.1, 0.15) is 0 Å². The Bertz CT molecular complexity index is 947. The Morgan fingerprint density at radius 3 is 2.67 bits per heavy atom. The summed E-state index contributed by atoms with van der Waals surface area (Å²) in [4.78, 5) is 22.7. The fourth-order valence-electron chi connectivity index (χ4n) is 2.65. The van der Waals surface area contributed by atoms with Gasteiger partial charge in [-0.1, -0.05) is 37.3 Å². The highest BCUT2D eigenvalue weighted by Gasteiger charge is 2.21. The molecule has 0 radical (unpaired) electrons. The van der Waals surface area contributed by atoms with Gasteiger partial charge in [-0.05, 0) is 17.4 Å². The standard InChI is InChI=1S/C18H20N6O3/c1-13(11-23-14(2)10-17(21-23)24(26)27)18(25)19-16-8-9-22(20-16)12-15-6-4-3-5-7-15/h3-10,13H,11-12H2,1-2H3,(H,19,20,25). The summed E-state index contributed by atoms with van der Waals surface area (Å²) in [5, 5.41) is 21.8. The number of carbonyl (C=O) groups excluding carboxylic acids is 1. The molecule has 1 amide bonds. The number of nitrogens with one attached hydrogen (secondary N) is 1. The van der Waals surface area contributed by atoms with E-state index >= 15 is 0 Å². The molecule has 1 atom stereocenters. The van der Waals surface area contributed by atoms with Crippen LogP contribution in [0.5, 0.6) is 0 Å². The number of rotatable bonds is 7. The van der Waals surface area contributed by atoms with Gasteiger partial charge in [-0.15, -0.1) is 0 Å². The lowest BCUT2D eigenvalue weighted by molar-refractivity contribution is -0.389.